The van der Waals surface area contributed by atoms with Gasteiger partial charge in [-0.05, 0) is 26.2 Å². The van der Waals surface area contributed by atoms with E-state index in [0.717, 1.165) is 19.3 Å². The molecule has 0 atom stereocenters. The molecule has 0 N–H and O–H groups in total. The summed E-state index contributed by atoms with van der Waals surface area (Å²) in [6, 6.07) is 0. The van der Waals surface area contributed by atoms with Gasteiger partial charge in [0.25, 0.3) is 0 Å². The van der Waals surface area contributed by atoms with Gasteiger partial charge in [0.2, 0.25) is 0 Å². The topological polar surface area (TPSA) is 26.3 Å². The highest BCUT2D eigenvalue weighted by atomic mass is 16.5. The molecular weight excluding hydrogens is 164 g/mol. The molecule has 0 amide bonds. The molecule has 0 bridgehead atoms. The summed E-state index contributed by atoms with van der Waals surface area (Å²) in [6.45, 7) is 4.65. The van der Waals surface area contributed by atoms with E-state index in [0.29, 0.717) is 6.61 Å². The Labute approximate surface area is 80.7 Å². The van der Waals surface area contributed by atoms with Gasteiger partial charge in [-0.15, -0.1) is 0 Å². The van der Waals surface area contributed by atoms with Crippen LogP contribution in [-0.2, 0) is 9.53 Å². The second-order valence-electron chi connectivity index (χ2n) is 4.26. The first kappa shape index (κ1) is 10.6. The fourth-order valence-corrected chi connectivity index (χ4v) is 1.91. The van der Waals surface area contributed by atoms with Crippen molar-refractivity contribution in [2.45, 2.75) is 52.4 Å². The average Bonchev–Trinajstić information content (AvgIpc) is 2.15. The van der Waals surface area contributed by atoms with Crippen LogP contribution in [0.4, 0.5) is 0 Å². The third-order valence-electron chi connectivity index (χ3n) is 2.89. The predicted molar refractivity (Wildman–Crippen MR) is 52.4 cm³/mol. The molecule has 0 unspecified atom stereocenters. The Morgan fingerprint density at radius 2 is 1.92 bits per heavy atom. The predicted octanol–water partition coefficient (Wildman–Crippen LogP) is 2.91. The van der Waals surface area contributed by atoms with Gasteiger partial charge in [-0.3, -0.25) is 4.79 Å². The van der Waals surface area contributed by atoms with Gasteiger partial charge in [0.05, 0.1) is 12.0 Å². The maximum absolute atomic E-state index is 11.7. The minimum absolute atomic E-state index is 0.0223. The maximum Gasteiger partial charge on any atom is 0.311 e. The normalized spacial score (nSPS) is 21.1. The van der Waals surface area contributed by atoms with Crippen LogP contribution in [0.25, 0.3) is 0 Å². The minimum atomic E-state index is -0.173. The van der Waals surface area contributed by atoms with Crippen molar-refractivity contribution >= 4 is 5.97 Å². The Bertz CT molecular complexity index is 169. The van der Waals surface area contributed by atoms with Gasteiger partial charge < -0.3 is 4.74 Å². The van der Waals surface area contributed by atoms with Crippen molar-refractivity contribution < 1.29 is 9.53 Å². The van der Waals surface area contributed by atoms with Crippen molar-refractivity contribution in [1.29, 1.82) is 0 Å². The fraction of sp³-hybridized carbons (Fsp3) is 0.909. The summed E-state index contributed by atoms with van der Waals surface area (Å²) >= 11 is 0. The first-order valence-corrected chi connectivity index (χ1v) is 5.36. The number of rotatable bonds is 3. The number of ether oxygens (including phenoxy) is 1. The third kappa shape index (κ3) is 2.71. The van der Waals surface area contributed by atoms with Gasteiger partial charge in [-0.2, -0.15) is 0 Å². The van der Waals surface area contributed by atoms with Gasteiger partial charge in [-0.1, -0.05) is 26.2 Å². The zero-order chi connectivity index (χ0) is 9.73. The molecule has 2 heteroatoms. The quantitative estimate of drug-likeness (QED) is 0.630. The largest absolute Gasteiger partial charge is 0.465 e. The Kier molecular flexibility index (Phi) is 3.76. The van der Waals surface area contributed by atoms with E-state index in [9.17, 15) is 4.79 Å². The lowest BCUT2D eigenvalue weighted by Gasteiger charge is -2.30. The molecule has 0 radical (unpaired) electrons. The Morgan fingerprint density at radius 1 is 1.31 bits per heavy atom. The Hall–Kier alpha value is -0.530. The number of hydrogen-bond donors (Lipinski definition) is 0. The summed E-state index contributed by atoms with van der Waals surface area (Å²) < 4.78 is 5.19. The highest BCUT2D eigenvalue weighted by Crippen LogP contribution is 2.36. The van der Waals surface area contributed by atoms with Crippen LogP contribution in [0.5, 0.6) is 0 Å². The van der Waals surface area contributed by atoms with Crippen LogP contribution < -0.4 is 0 Å². The molecule has 13 heavy (non-hydrogen) atoms. The van der Waals surface area contributed by atoms with Crippen LogP contribution in [0.3, 0.4) is 0 Å². The molecule has 1 fully saturated rings. The zero-order valence-electron chi connectivity index (χ0n) is 8.77. The summed E-state index contributed by atoms with van der Waals surface area (Å²) in [5, 5.41) is 0. The number of carbonyl (C=O) groups excluding carboxylic acids is 1. The van der Waals surface area contributed by atoms with Gasteiger partial charge in [0, 0.05) is 0 Å². The van der Waals surface area contributed by atoms with Crippen LogP contribution in [0.15, 0.2) is 0 Å². The lowest BCUT2D eigenvalue weighted by atomic mass is 9.76. The van der Waals surface area contributed by atoms with Crippen molar-refractivity contribution in [2.24, 2.45) is 5.41 Å². The van der Waals surface area contributed by atoms with E-state index in [4.69, 9.17) is 4.74 Å². The zero-order valence-corrected chi connectivity index (χ0v) is 8.77. The van der Waals surface area contributed by atoms with Crippen molar-refractivity contribution in [2.75, 3.05) is 6.61 Å². The van der Waals surface area contributed by atoms with Crippen LogP contribution in [0, 0.1) is 5.41 Å². The first-order valence-electron chi connectivity index (χ1n) is 5.36. The molecule has 0 saturated heterocycles. The molecule has 0 aromatic carbocycles. The van der Waals surface area contributed by atoms with Gasteiger partial charge in [0.15, 0.2) is 0 Å². The summed E-state index contributed by atoms with van der Waals surface area (Å²) in [4.78, 5) is 11.7. The molecule has 0 spiro atoms. The molecule has 0 aromatic rings. The van der Waals surface area contributed by atoms with E-state index < -0.39 is 0 Å². The van der Waals surface area contributed by atoms with Crippen molar-refractivity contribution in [1.82, 2.24) is 0 Å². The first-order chi connectivity index (χ1) is 6.19. The van der Waals surface area contributed by atoms with Gasteiger partial charge in [-0.25, -0.2) is 0 Å². The summed E-state index contributed by atoms with van der Waals surface area (Å²) in [5.74, 6) is 0.0223. The van der Waals surface area contributed by atoms with Crippen molar-refractivity contribution in [3.63, 3.8) is 0 Å². The standard InChI is InChI=1S/C11H20O2/c1-3-9-13-10(12)11(2)7-5-4-6-8-11/h3-9H2,1-2H3. The Balaban J connectivity index is 2.42. The van der Waals surface area contributed by atoms with E-state index >= 15 is 0 Å². The molecular formula is C11H20O2. The smallest absolute Gasteiger partial charge is 0.311 e. The monoisotopic (exact) mass is 184 g/mol. The lowest BCUT2D eigenvalue weighted by molar-refractivity contribution is -0.156. The summed E-state index contributed by atoms with van der Waals surface area (Å²) in [6.07, 6.45) is 6.57. The van der Waals surface area contributed by atoms with Gasteiger partial charge >= 0.3 is 5.97 Å². The molecule has 76 valence electrons. The highest BCUT2D eigenvalue weighted by molar-refractivity contribution is 5.76. The van der Waals surface area contributed by atoms with Crippen LogP contribution >= 0.6 is 0 Å². The SMILES string of the molecule is CCCOC(=O)C1(C)CCCCC1. The van der Waals surface area contributed by atoms with Crippen LogP contribution in [0.2, 0.25) is 0 Å². The van der Waals surface area contributed by atoms with Crippen LogP contribution in [-0.4, -0.2) is 12.6 Å². The highest BCUT2D eigenvalue weighted by Gasteiger charge is 2.35. The summed E-state index contributed by atoms with van der Waals surface area (Å²) in [7, 11) is 0. The summed E-state index contributed by atoms with van der Waals surface area (Å²) in [5.41, 5.74) is -0.173. The Morgan fingerprint density at radius 3 is 2.46 bits per heavy atom. The van der Waals surface area contributed by atoms with E-state index in [2.05, 4.69) is 0 Å². The molecule has 1 aliphatic carbocycles. The van der Waals surface area contributed by atoms with Gasteiger partial charge in [0.1, 0.15) is 0 Å². The maximum atomic E-state index is 11.7. The van der Waals surface area contributed by atoms with Crippen LogP contribution in [0.1, 0.15) is 52.4 Å². The van der Waals surface area contributed by atoms with Crippen molar-refractivity contribution in [3.05, 3.63) is 0 Å². The van der Waals surface area contributed by atoms with E-state index in [1.54, 1.807) is 0 Å². The molecule has 1 rings (SSSR count). The number of hydrogen-bond acceptors (Lipinski definition) is 2. The number of esters is 1. The van der Waals surface area contributed by atoms with Crippen molar-refractivity contribution in [3.8, 4) is 0 Å². The fourth-order valence-electron chi connectivity index (χ4n) is 1.91. The molecule has 0 heterocycles. The molecule has 0 aliphatic heterocycles. The second-order valence-corrected chi connectivity index (χ2v) is 4.26. The van der Waals surface area contributed by atoms with E-state index in [1.807, 2.05) is 13.8 Å². The second kappa shape index (κ2) is 4.64. The molecule has 0 aromatic heterocycles. The average molecular weight is 184 g/mol. The number of carbonyl (C=O) groups is 1. The molecule has 1 aliphatic rings. The minimum Gasteiger partial charge on any atom is -0.465 e. The van der Waals surface area contributed by atoms with E-state index in [1.165, 1.54) is 19.3 Å². The lowest BCUT2D eigenvalue weighted by Crippen LogP contribution is -2.32. The van der Waals surface area contributed by atoms with E-state index in [-0.39, 0.29) is 11.4 Å². The molecule has 2 nitrogen and oxygen atoms in total. The third-order valence-corrected chi connectivity index (χ3v) is 2.89. The molecule has 1 saturated carbocycles.